The number of carboxylic acids is 4. The number of esters is 2. The normalized spacial score (nSPS) is 14.7. The molecule has 20 heteroatoms. The van der Waals surface area contributed by atoms with E-state index in [0.717, 1.165) is 0 Å². The van der Waals surface area contributed by atoms with E-state index in [4.69, 9.17) is 18.9 Å². The lowest BCUT2D eigenvalue weighted by Crippen LogP contribution is -2.71. The smallest absolute Gasteiger partial charge is 0.422 e. The summed E-state index contributed by atoms with van der Waals surface area (Å²) in [4.78, 5) is 116. The van der Waals surface area contributed by atoms with E-state index in [9.17, 15) is 34.8 Å². The molecule has 0 aliphatic carbocycles. The highest BCUT2D eigenvalue weighted by atomic mass is 16.6. The summed E-state index contributed by atoms with van der Waals surface area (Å²) in [7, 11) is 0. The average molecular weight is 1080 g/mol. The monoisotopic (exact) mass is 1070 g/mol. The standard InChI is InChI=1S/C58H66N4O16/c1-8-37(4)45(49(65)66)60-47(39-26-16-10-17-27-39)77-55(74)62(54(73)75-35-38-24-14-9-15-25-38)57(52(70)71,53(72)76-48(40-28-18-11-19-29-40)61-46(50(67)68)56(5,6)7)44(36(2)3)51(69)78-58(59-34-43(63)64,41-30-20-12-21-31-41)42-32-22-13-23-33-42/h9-33,36-37,44-48,59-61H,8,34-35H2,1-7H3,(H,63,64)(H,65,66)(H,67,68)(H,70,71)/t37-,44?,45-,46+,47-,48-,57-/m0/s1. The van der Waals surface area contributed by atoms with Crippen LogP contribution in [0.4, 0.5) is 9.59 Å². The Morgan fingerprint density at radius 3 is 1.46 bits per heavy atom. The van der Waals surface area contributed by atoms with Gasteiger partial charge in [0.15, 0.2) is 12.5 Å². The minimum Gasteiger partial charge on any atom is -0.480 e. The summed E-state index contributed by atoms with van der Waals surface area (Å²) < 4.78 is 24.3. The molecular weight excluding hydrogens is 1010 g/mol. The fourth-order valence-corrected chi connectivity index (χ4v) is 8.75. The molecule has 5 rings (SSSR count). The van der Waals surface area contributed by atoms with E-state index < -0.39 is 120 Å². The Kier molecular flexibility index (Phi) is 20.9. The molecule has 0 aliphatic heterocycles. The second-order valence-electron chi connectivity index (χ2n) is 19.8. The molecule has 0 spiro atoms. The largest absolute Gasteiger partial charge is 0.480 e. The minimum absolute atomic E-state index is 0.0354. The van der Waals surface area contributed by atoms with E-state index in [1.807, 2.05) is 0 Å². The van der Waals surface area contributed by atoms with Crippen LogP contribution >= 0.6 is 0 Å². The zero-order valence-corrected chi connectivity index (χ0v) is 44.2. The van der Waals surface area contributed by atoms with Gasteiger partial charge in [0.05, 0.1) is 6.54 Å². The van der Waals surface area contributed by atoms with Crippen LogP contribution in [-0.2, 0) is 60.0 Å². The summed E-state index contributed by atoms with van der Waals surface area (Å²) in [5.41, 5.74) is -6.88. The van der Waals surface area contributed by atoms with Gasteiger partial charge < -0.3 is 39.4 Å². The van der Waals surface area contributed by atoms with Gasteiger partial charge in [-0.05, 0) is 22.8 Å². The first-order valence-corrected chi connectivity index (χ1v) is 25.0. The maximum absolute atomic E-state index is 16.1. The summed E-state index contributed by atoms with van der Waals surface area (Å²) in [6, 6.07) is 35.2. The molecule has 5 aromatic rings. The van der Waals surface area contributed by atoms with Gasteiger partial charge in [-0.1, -0.05) is 207 Å². The van der Waals surface area contributed by atoms with Gasteiger partial charge in [-0.2, -0.15) is 4.90 Å². The van der Waals surface area contributed by atoms with Gasteiger partial charge >= 0.3 is 48.0 Å². The van der Waals surface area contributed by atoms with E-state index in [1.54, 1.807) is 101 Å². The molecule has 0 aromatic heterocycles. The number of carbonyl (C=O) groups is 8. The molecule has 0 saturated heterocycles. The number of benzene rings is 5. The number of amides is 2. The van der Waals surface area contributed by atoms with Crippen LogP contribution in [0.1, 0.15) is 95.2 Å². The number of rotatable bonds is 26. The third kappa shape index (κ3) is 14.5. The van der Waals surface area contributed by atoms with Gasteiger partial charge in [-0.3, -0.25) is 35.1 Å². The SMILES string of the molecule is CC[C@H](C)[C@H](N[C@@H](OC(=O)N(C(=O)OCc1ccccc1)[C@@](C(=O)O)(C(=O)O[C@H](N[C@H](C(=O)O)C(C)(C)C)c1ccccc1)C(C(=O)OC(NCC(=O)O)(c1ccccc1)c1ccccc1)C(C)C)c1ccccc1)C(=O)O. The van der Waals surface area contributed by atoms with Crippen molar-refractivity contribution in [3.05, 3.63) is 179 Å². The maximum Gasteiger partial charge on any atom is 0.422 e. The number of carboxylic acid groups (broad SMARTS) is 4. The molecule has 20 nitrogen and oxygen atoms in total. The van der Waals surface area contributed by atoms with Crippen molar-refractivity contribution in [3.63, 3.8) is 0 Å². The van der Waals surface area contributed by atoms with Crippen LogP contribution in [0.3, 0.4) is 0 Å². The van der Waals surface area contributed by atoms with E-state index in [2.05, 4.69) is 16.0 Å². The molecule has 0 fully saturated rings. The predicted molar refractivity (Wildman–Crippen MR) is 282 cm³/mol. The van der Waals surface area contributed by atoms with Gasteiger partial charge in [0.1, 0.15) is 24.6 Å². The molecule has 78 heavy (non-hydrogen) atoms. The number of carbonyl (C=O) groups excluding carboxylic acids is 4. The molecule has 0 radical (unpaired) electrons. The van der Waals surface area contributed by atoms with Crippen molar-refractivity contribution in [2.45, 2.75) is 97.3 Å². The highest BCUT2D eigenvalue weighted by Crippen LogP contribution is 2.41. The molecule has 414 valence electrons. The number of aliphatic carboxylic acids is 4. The summed E-state index contributed by atoms with van der Waals surface area (Å²) in [6.45, 7) is 9.00. The first-order valence-electron chi connectivity index (χ1n) is 25.0. The number of nitrogens with zero attached hydrogens (tertiary/aromatic N) is 1. The van der Waals surface area contributed by atoms with Crippen LogP contribution in [0.25, 0.3) is 0 Å². The lowest BCUT2D eigenvalue weighted by atomic mass is 9.75. The van der Waals surface area contributed by atoms with Crippen LogP contribution in [0.5, 0.6) is 0 Å². The third-order valence-corrected chi connectivity index (χ3v) is 12.9. The lowest BCUT2D eigenvalue weighted by Gasteiger charge is -2.44. The molecule has 0 saturated carbocycles. The van der Waals surface area contributed by atoms with Gasteiger partial charge in [0.2, 0.25) is 5.72 Å². The maximum atomic E-state index is 16.1. The van der Waals surface area contributed by atoms with Crippen molar-refractivity contribution < 1.29 is 77.7 Å². The van der Waals surface area contributed by atoms with Crippen LogP contribution < -0.4 is 16.0 Å². The van der Waals surface area contributed by atoms with E-state index >= 15 is 24.0 Å². The Hall–Kier alpha value is -8.46. The van der Waals surface area contributed by atoms with Gasteiger partial charge in [0, 0.05) is 22.3 Å². The summed E-state index contributed by atoms with van der Waals surface area (Å²) in [6.07, 6.45) is -7.34. The molecule has 7 atom stereocenters. The first-order chi connectivity index (χ1) is 37.0. The summed E-state index contributed by atoms with van der Waals surface area (Å²) in [5, 5.41) is 51.5. The Labute approximate surface area is 451 Å². The predicted octanol–water partition coefficient (Wildman–Crippen LogP) is 8.09. The van der Waals surface area contributed by atoms with Gasteiger partial charge in [-0.25, -0.2) is 19.2 Å². The molecule has 1 unspecified atom stereocenters. The zero-order chi connectivity index (χ0) is 57.4. The molecule has 0 bridgehead atoms. The Morgan fingerprint density at radius 1 is 0.590 bits per heavy atom. The Bertz CT molecular complexity index is 2790. The van der Waals surface area contributed by atoms with Crippen molar-refractivity contribution in [1.82, 2.24) is 20.9 Å². The number of imide groups is 1. The summed E-state index contributed by atoms with van der Waals surface area (Å²) in [5.74, 6) is -15.0. The molecule has 2 amide bonds. The summed E-state index contributed by atoms with van der Waals surface area (Å²) >= 11 is 0. The Morgan fingerprint density at radius 2 is 1.05 bits per heavy atom. The van der Waals surface area contributed by atoms with Crippen molar-refractivity contribution in [3.8, 4) is 0 Å². The highest BCUT2D eigenvalue weighted by Gasteiger charge is 2.68. The fraction of sp³-hybridized carbons (Fsp3) is 0.345. The molecule has 0 heterocycles. The van der Waals surface area contributed by atoms with Crippen molar-refractivity contribution in [2.24, 2.45) is 23.2 Å². The third-order valence-electron chi connectivity index (χ3n) is 12.9. The minimum atomic E-state index is -4.01. The first kappa shape index (κ1) is 60.4. The van der Waals surface area contributed by atoms with Crippen LogP contribution in [-0.4, -0.2) is 97.5 Å². The van der Waals surface area contributed by atoms with Gasteiger partial charge in [0.25, 0.3) is 5.54 Å². The number of ether oxygens (including phenoxy) is 4. The van der Waals surface area contributed by atoms with Crippen LogP contribution in [0.15, 0.2) is 152 Å². The Balaban J connectivity index is 1.90. The fourth-order valence-electron chi connectivity index (χ4n) is 8.75. The average Bonchev–Trinajstić information content (AvgIpc) is 3.43. The van der Waals surface area contributed by atoms with E-state index in [1.165, 1.54) is 98.8 Å². The molecular formula is C58H66N4O16. The second-order valence-corrected chi connectivity index (χ2v) is 19.8. The van der Waals surface area contributed by atoms with Crippen LogP contribution in [0.2, 0.25) is 0 Å². The lowest BCUT2D eigenvalue weighted by molar-refractivity contribution is -0.194. The van der Waals surface area contributed by atoms with E-state index in [-0.39, 0.29) is 27.2 Å². The number of hydrogen-bond acceptors (Lipinski definition) is 15. The van der Waals surface area contributed by atoms with E-state index in [0.29, 0.717) is 12.0 Å². The van der Waals surface area contributed by atoms with Crippen molar-refractivity contribution >= 4 is 48.0 Å². The van der Waals surface area contributed by atoms with Crippen LogP contribution in [0, 0.1) is 23.2 Å². The zero-order valence-electron chi connectivity index (χ0n) is 44.2. The van der Waals surface area contributed by atoms with Crippen molar-refractivity contribution in [1.29, 1.82) is 0 Å². The number of hydrogen-bond donors (Lipinski definition) is 7. The highest BCUT2D eigenvalue weighted by molar-refractivity contribution is 6.14. The molecule has 5 aromatic carbocycles. The molecule has 7 N–H and O–H groups in total. The number of nitrogens with one attached hydrogen (secondary N) is 3. The van der Waals surface area contributed by atoms with Gasteiger partial charge in [-0.15, -0.1) is 0 Å². The quantitative estimate of drug-likeness (QED) is 0.0119. The van der Waals surface area contributed by atoms with Crippen molar-refractivity contribution in [2.75, 3.05) is 6.54 Å². The molecule has 0 aliphatic rings. The second kappa shape index (κ2) is 27.0. The topological polar surface area (TPSA) is 294 Å².